The third-order valence-corrected chi connectivity index (χ3v) is 28.0. The molecule has 146 heavy (non-hydrogen) atoms. The fourth-order valence-corrected chi connectivity index (χ4v) is 16.4. The number of likely N-dealkylation sites (tertiary alicyclic amines) is 1. The first-order valence-electron chi connectivity index (χ1n) is 53.5. The molecule has 1 unspecified atom stereocenters. The van der Waals surface area contributed by atoms with Crippen LogP contribution in [-0.2, 0) is 38.7 Å². The second-order valence-electron chi connectivity index (χ2n) is 45.0. The van der Waals surface area contributed by atoms with Gasteiger partial charge in [0.1, 0.15) is 32.9 Å². The molecule has 2 amide bonds. The Kier molecular flexibility index (Phi) is 58.3. The SMILES string of the molecule is CC(C)C(=O)N(Cc1ccccc1)[C@H](C)C(C)C.CC(C)CN(Cc1ccccc1)[C@H](C)C(C)C.CC(C)CN(c1cc(Cl)nc2cc(C(=O)O)nn12)[C@H](C)C(C)C.CC(C)CN[C@H](C)C(C)C.CC(C)[C@@H](C)N.CC(C)[C@@H](C)NCc1ccccc1.CCOC(=O)c1cc2nc(Cl)cc(N(CC(C)C)[C@H](C)C(C)C)n2n1.COC(=O)CC1[C@H]2CN(C(=O)c3cc4nc(Cl)cc(N(CC(C)C)[C@H](C)C(C)C)n4n3)C[C@@H]12.Cl. The summed E-state index contributed by atoms with van der Waals surface area (Å²) in [5.74, 6) is 9.38. The largest absolute Gasteiger partial charge is 0.476 e. The lowest BCUT2D eigenvalue weighted by Gasteiger charge is -2.35. The van der Waals surface area contributed by atoms with Crippen LogP contribution in [0.4, 0.5) is 17.5 Å². The number of rotatable bonds is 41. The number of amides is 2. The molecule has 1 aliphatic carbocycles. The fraction of sp³-hybridized carbons (Fsp3) is 0.647. The normalized spacial score (nSPS) is 15.4. The Morgan fingerprint density at radius 3 is 1.10 bits per heavy atom. The summed E-state index contributed by atoms with van der Waals surface area (Å²) in [6.45, 7) is 89.7. The molecule has 9 aromatic rings. The predicted octanol–water partition coefficient (Wildman–Crippen LogP) is 25.8. The number of fused-ring (bicyclic) bond motifs is 4. The number of carboxylic acids is 1. The molecule has 3 aromatic carbocycles. The lowest BCUT2D eigenvalue weighted by Crippen LogP contribution is -2.43. The molecule has 820 valence electrons. The van der Waals surface area contributed by atoms with Crippen molar-refractivity contribution in [2.45, 2.75) is 331 Å². The van der Waals surface area contributed by atoms with Crippen molar-refractivity contribution in [3.63, 3.8) is 0 Å². The highest BCUT2D eigenvalue weighted by Crippen LogP contribution is 2.54. The van der Waals surface area contributed by atoms with E-state index in [1.807, 2.05) is 54.8 Å². The third-order valence-electron chi connectivity index (χ3n) is 27.4. The van der Waals surface area contributed by atoms with Crippen LogP contribution >= 0.6 is 47.2 Å². The number of aromatic carboxylic acids is 1. The van der Waals surface area contributed by atoms with Crippen molar-refractivity contribution in [1.29, 1.82) is 0 Å². The maximum absolute atomic E-state index is 13.2. The molecule has 11 rings (SSSR count). The van der Waals surface area contributed by atoms with Crippen molar-refractivity contribution < 1.29 is 38.6 Å². The van der Waals surface area contributed by atoms with Gasteiger partial charge in [-0.2, -0.15) is 28.8 Å². The highest BCUT2D eigenvalue weighted by atomic mass is 35.5. The molecule has 0 spiro atoms. The topological polar surface area (TPSA) is 284 Å². The zero-order valence-electron chi connectivity index (χ0n) is 96.2. The average Bonchev–Trinajstić information content (AvgIpc) is 1.57. The van der Waals surface area contributed by atoms with Gasteiger partial charge in [0.25, 0.3) is 5.91 Å². The lowest BCUT2D eigenvalue weighted by molar-refractivity contribution is -0.141. The van der Waals surface area contributed by atoms with E-state index in [-0.39, 0.29) is 71.7 Å². The number of methoxy groups -OCH3 is 1. The Morgan fingerprint density at radius 1 is 0.432 bits per heavy atom. The van der Waals surface area contributed by atoms with Crippen LogP contribution in [0.5, 0.6) is 0 Å². The minimum absolute atomic E-state index is 0. The molecule has 2 aliphatic rings. The molecule has 26 nitrogen and oxygen atoms in total. The number of piperidine rings is 1. The quantitative estimate of drug-likeness (QED) is 0.0205. The van der Waals surface area contributed by atoms with Crippen LogP contribution in [0, 0.1) is 101 Å². The second kappa shape index (κ2) is 64.7. The second-order valence-corrected chi connectivity index (χ2v) is 46.2. The monoisotopic (exact) mass is 2100 g/mol. The average molecular weight is 2110 g/mol. The Bertz CT molecular complexity index is 5240. The van der Waals surface area contributed by atoms with E-state index < -0.39 is 11.9 Å². The summed E-state index contributed by atoms with van der Waals surface area (Å²) in [6.07, 6.45) is 0.438. The molecule has 5 N–H and O–H groups in total. The van der Waals surface area contributed by atoms with Gasteiger partial charge in [-0.3, -0.25) is 19.3 Å². The minimum Gasteiger partial charge on any atom is -0.476 e. The maximum Gasteiger partial charge on any atom is 0.358 e. The van der Waals surface area contributed by atoms with E-state index in [2.05, 4.69) is 362 Å². The number of esters is 2. The number of carbonyl (C=O) groups excluding carboxylic acids is 4. The molecule has 0 bridgehead atoms. The van der Waals surface area contributed by atoms with Crippen molar-refractivity contribution in [1.82, 2.24) is 69.1 Å². The van der Waals surface area contributed by atoms with E-state index in [1.54, 1.807) is 44.7 Å². The number of aromatic nitrogens is 9. The van der Waals surface area contributed by atoms with E-state index in [1.165, 1.54) is 36.4 Å². The van der Waals surface area contributed by atoms with E-state index in [0.717, 1.165) is 74.5 Å². The van der Waals surface area contributed by atoms with Crippen LogP contribution in [0.25, 0.3) is 16.9 Å². The third kappa shape index (κ3) is 43.7. The van der Waals surface area contributed by atoms with Gasteiger partial charge in [0.2, 0.25) is 5.91 Å². The summed E-state index contributed by atoms with van der Waals surface area (Å²) in [6, 6.07) is 44.9. The van der Waals surface area contributed by atoms with Crippen molar-refractivity contribution >= 4 is 111 Å². The van der Waals surface area contributed by atoms with Crippen LogP contribution in [0.2, 0.25) is 15.5 Å². The van der Waals surface area contributed by atoms with Gasteiger partial charge in [-0.25, -0.2) is 24.5 Å². The summed E-state index contributed by atoms with van der Waals surface area (Å²) in [4.78, 5) is 86.5. The molecule has 30 heteroatoms. The number of benzene rings is 3. The zero-order valence-corrected chi connectivity index (χ0v) is 99.3. The lowest BCUT2D eigenvalue weighted by atomic mass is 10.0. The Labute approximate surface area is 900 Å². The number of carbonyl (C=O) groups is 5. The molecule has 1 saturated carbocycles. The van der Waals surface area contributed by atoms with Gasteiger partial charge in [0.15, 0.2) is 34.0 Å². The number of carboxylic acid groups (broad SMARTS) is 1. The molecule has 1 aliphatic heterocycles. The maximum atomic E-state index is 13.2. The van der Waals surface area contributed by atoms with Crippen LogP contribution in [0.3, 0.4) is 0 Å². The number of nitrogens with two attached hydrogens (primary N) is 1. The van der Waals surface area contributed by atoms with Crippen LogP contribution in [0.15, 0.2) is 127 Å². The summed E-state index contributed by atoms with van der Waals surface area (Å²) in [7, 11) is 1.42. The molecule has 7 heterocycles. The van der Waals surface area contributed by atoms with E-state index in [0.29, 0.717) is 172 Å². The number of nitrogens with one attached hydrogen (secondary N) is 2. The van der Waals surface area contributed by atoms with Gasteiger partial charge in [-0.1, -0.05) is 320 Å². The molecular weight excluding hydrogens is 1920 g/mol. The standard InChI is InChI=1S/C24H34ClN5O3.C18H27ClN4O2.C16H23ClN4O2.C16H25NO.C16H27N.C12H19N.C9H21N.C5H13N.ClH/c1-13(2)10-29(15(5)14(3)4)22-9-20(25)26-21-8-19(27-30(21)22)24(32)28-11-17-16(18(17)12-28)7-23(31)33-6;1-7-25-18(24)14-8-16-20-15(19)9-17(23(16)21-14)22(10-11(2)3)13(6)12(4)5;1-9(2)8-20(11(5)10(3)4)15-7-13(17)18-14-6-12(16(22)23)19-21(14)15;1-12(2)14(5)17(16(18)13(3)4)11-15-9-7-6-8-10-15;1-13(2)11-17(15(5)14(3)4)12-16-9-7-6-8-10-16;1-10(2)11(3)13-9-12-7-5-4-6-8-12;1-7(2)6-10-9(5)8(3)4;1-4(2)5(3)6;/h8-9,13-18H,7,10-12H2,1-6H3;8-9,11-13H,7,10H2,1-6H3;6-7,9-11H,8H2,1-5H3,(H,22,23);6-10,12-14H,11H2,1-5H3;6-10,13-15H,11-12H2,1-5H3;4-8,10-11,13H,9H2,1-3H3;7-10H,6H2,1-5H3;4-5H,6H2,1-3H3;1H/t15-,16?,17-,18+;13-;11-;14-;15-;11-;9-;5-;/m11111111./s1. The molecule has 1 saturated heterocycles. The van der Waals surface area contributed by atoms with Crippen molar-refractivity contribution in [2.75, 3.05) is 74.2 Å². The van der Waals surface area contributed by atoms with Crippen LogP contribution in [0.1, 0.15) is 311 Å². The molecule has 2 fully saturated rings. The van der Waals surface area contributed by atoms with Gasteiger partial charge >= 0.3 is 17.9 Å². The highest BCUT2D eigenvalue weighted by Gasteiger charge is 2.57. The van der Waals surface area contributed by atoms with Gasteiger partial charge in [0, 0.05) is 156 Å². The first-order chi connectivity index (χ1) is 67.9. The van der Waals surface area contributed by atoms with Crippen LogP contribution < -0.4 is 31.1 Å². The van der Waals surface area contributed by atoms with E-state index in [9.17, 15) is 29.1 Å². The first-order valence-corrected chi connectivity index (χ1v) is 54.6. The molecule has 6 aromatic heterocycles. The molecule has 0 radical (unpaired) electrons. The highest BCUT2D eigenvalue weighted by molar-refractivity contribution is 6.30. The predicted molar refractivity (Wildman–Crippen MR) is 612 cm³/mol. The summed E-state index contributed by atoms with van der Waals surface area (Å²) < 4.78 is 14.8. The van der Waals surface area contributed by atoms with Crippen molar-refractivity contribution in [3.05, 3.63) is 177 Å². The van der Waals surface area contributed by atoms with E-state index in [4.69, 9.17) is 50.0 Å². The summed E-state index contributed by atoms with van der Waals surface area (Å²) in [5.41, 5.74) is 11.5. The molecule has 11 atom stereocenters. The number of hydrogen-bond acceptors (Lipinski definition) is 20. The Balaban J connectivity index is 0.000000444. The Hall–Kier alpha value is -8.73. The smallest absolute Gasteiger partial charge is 0.358 e. The Morgan fingerprint density at radius 2 is 0.774 bits per heavy atom. The summed E-state index contributed by atoms with van der Waals surface area (Å²) >= 11 is 18.8. The minimum atomic E-state index is -1.08. The number of ether oxygens (including phenoxy) is 2. The first kappa shape index (κ1) is 131. The van der Waals surface area contributed by atoms with Gasteiger partial charge in [-0.05, 0) is 180 Å². The van der Waals surface area contributed by atoms with Crippen LogP contribution in [-0.4, -0.2) is 201 Å². The molecular formula is C116H190Cl4N18O8. The van der Waals surface area contributed by atoms with Gasteiger partial charge in [-0.15, -0.1) is 12.4 Å². The van der Waals surface area contributed by atoms with Crippen molar-refractivity contribution in [3.8, 4) is 0 Å². The number of hydrogen-bond donors (Lipinski definition) is 4. The van der Waals surface area contributed by atoms with Gasteiger partial charge < -0.3 is 55.4 Å². The van der Waals surface area contributed by atoms with Crippen molar-refractivity contribution in [2.24, 2.45) is 106 Å². The fourth-order valence-electron chi connectivity index (χ4n) is 15.9. The van der Waals surface area contributed by atoms with E-state index >= 15 is 0 Å². The zero-order chi connectivity index (χ0) is 110. The number of anilines is 3. The number of halogens is 4. The van der Waals surface area contributed by atoms with Gasteiger partial charge in [0.05, 0.1) is 13.7 Å². The number of nitrogens with zero attached hydrogens (tertiary/aromatic N) is 15. The summed E-state index contributed by atoms with van der Waals surface area (Å²) in [5, 5.41) is 30.5.